The molecule has 0 N–H and O–H groups in total. The van der Waals surface area contributed by atoms with Crippen LogP contribution in [0.2, 0.25) is 0 Å². The van der Waals surface area contributed by atoms with Crippen LogP contribution in [0.5, 0.6) is 0 Å². The highest BCUT2D eigenvalue weighted by Gasteiger charge is 2.19. The molecule has 98 valence electrons. The molecule has 0 aromatic heterocycles. The van der Waals surface area contributed by atoms with Crippen LogP contribution in [0.25, 0.3) is 0 Å². The number of ketones is 1. The van der Waals surface area contributed by atoms with Crippen LogP contribution in [0.4, 0.5) is 0 Å². The molecule has 1 aliphatic rings. The Labute approximate surface area is 110 Å². The van der Waals surface area contributed by atoms with E-state index in [1.165, 1.54) is 12.8 Å². The van der Waals surface area contributed by atoms with E-state index in [0.717, 1.165) is 35.7 Å². The van der Waals surface area contributed by atoms with Crippen LogP contribution in [0.3, 0.4) is 0 Å². The number of carbonyl (C=O) groups excluding carboxylic acids is 1. The second-order valence-electron chi connectivity index (χ2n) is 5.72. The minimum Gasteiger partial charge on any atom is -0.296 e. The molecule has 1 saturated heterocycles. The van der Waals surface area contributed by atoms with Gasteiger partial charge in [-0.1, -0.05) is 24.6 Å². The van der Waals surface area contributed by atoms with Crippen LogP contribution in [0, 0.1) is 19.8 Å². The van der Waals surface area contributed by atoms with Crippen molar-refractivity contribution in [1.29, 1.82) is 0 Å². The van der Waals surface area contributed by atoms with E-state index in [2.05, 4.69) is 17.9 Å². The lowest BCUT2D eigenvalue weighted by Gasteiger charge is -2.30. The molecule has 0 aliphatic carbocycles. The normalized spacial score (nSPS) is 20.9. The number of Topliss-reactive ketones (excluding diaryl/α,β-unsaturated/α-hetero) is 1. The number of rotatable bonds is 3. The third kappa shape index (κ3) is 3.20. The number of likely N-dealkylation sites (tertiary alicyclic amines) is 1. The second-order valence-corrected chi connectivity index (χ2v) is 5.72. The summed E-state index contributed by atoms with van der Waals surface area (Å²) < 4.78 is 0. The van der Waals surface area contributed by atoms with Gasteiger partial charge in [-0.15, -0.1) is 0 Å². The van der Waals surface area contributed by atoms with Crippen LogP contribution in [0.15, 0.2) is 18.2 Å². The molecule has 1 fully saturated rings. The van der Waals surface area contributed by atoms with Crippen LogP contribution < -0.4 is 0 Å². The standard InChI is InChI=1S/C16H23NO/c1-12-6-7-14(3)15(9-12)16(18)11-17-8-4-5-13(2)10-17/h6-7,9,13H,4-5,8,10-11H2,1-3H3. The van der Waals surface area contributed by atoms with Crippen molar-refractivity contribution in [2.24, 2.45) is 5.92 Å². The fraction of sp³-hybridized carbons (Fsp3) is 0.562. The predicted molar refractivity (Wildman–Crippen MR) is 75.1 cm³/mol. The third-order valence-electron chi connectivity index (χ3n) is 3.80. The molecule has 18 heavy (non-hydrogen) atoms. The van der Waals surface area contributed by atoms with Gasteiger partial charge in [-0.2, -0.15) is 0 Å². The van der Waals surface area contributed by atoms with E-state index in [4.69, 9.17) is 0 Å². The molecule has 0 radical (unpaired) electrons. The minimum absolute atomic E-state index is 0.269. The molecule has 1 heterocycles. The lowest BCUT2D eigenvalue weighted by atomic mass is 9.98. The Balaban J connectivity index is 2.05. The van der Waals surface area contributed by atoms with Crippen LogP contribution in [-0.2, 0) is 0 Å². The molecule has 1 aromatic carbocycles. The fourth-order valence-corrected chi connectivity index (χ4v) is 2.75. The topological polar surface area (TPSA) is 20.3 Å². The zero-order valence-corrected chi connectivity index (χ0v) is 11.7. The predicted octanol–water partition coefficient (Wildman–Crippen LogP) is 3.22. The Bertz CT molecular complexity index is 439. The molecule has 1 atom stereocenters. The Kier molecular flexibility index (Phi) is 4.18. The summed E-state index contributed by atoms with van der Waals surface area (Å²) in [7, 11) is 0. The van der Waals surface area contributed by atoms with E-state index in [9.17, 15) is 4.79 Å². The van der Waals surface area contributed by atoms with E-state index in [1.807, 2.05) is 26.0 Å². The van der Waals surface area contributed by atoms with Crippen molar-refractivity contribution < 1.29 is 4.79 Å². The maximum atomic E-state index is 12.4. The highest BCUT2D eigenvalue weighted by atomic mass is 16.1. The first kappa shape index (κ1) is 13.3. The first-order valence-corrected chi connectivity index (χ1v) is 6.89. The van der Waals surface area contributed by atoms with Crippen LogP contribution in [0.1, 0.15) is 41.3 Å². The first-order chi connectivity index (χ1) is 8.56. The largest absolute Gasteiger partial charge is 0.296 e. The average molecular weight is 245 g/mol. The zero-order valence-electron chi connectivity index (χ0n) is 11.7. The van der Waals surface area contributed by atoms with Gasteiger partial charge >= 0.3 is 0 Å². The third-order valence-corrected chi connectivity index (χ3v) is 3.80. The number of nitrogens with zero attached hydrogens (tertiary/aromatic N) is 1. The fourth-order valence-electron chi connectivity index (χ4n) is 2.75. The molecule has 0 bridgehead atoms. The highest BCUT2D eigenvalue weighted by Crippen LogP contribution is 2.17. The maximum Gasteiger partial charge on any atom is 0.177 e. The van der Waals surface area contributed by atoms with Gasteiger partial charge in [0.1, 0.15) is 0 Å². The lowest BCUT2D eigenvalue weighted by molar-refractivity contribution is 0.0892. The molecule has 1 aliphatic heterocycles. The van der Waals surface area contributed by atoms with Crippen molar-refractivity contribution in [2.75, 3.05) is 19.6 Å². The van der Waals surface area contributed by atoms with Gasteiger partial charge in [0, 0.05) is 12.1 Å². The molecule has 0 amide bonds. The number of hydrogen-bond acceptors (Lipinski definition) is 2. The molecule has 1 aromatic rings. The van der Waals surface area contributed by atoms with E-state index in [-0.39, 0.29) is 5.78 Å². The van der Waals surface area contributed by atoms with Crippen LogP contribution >= 0.6 is 0 Å². The Morgan fingerprint density at radius 1 is 1.39 bits per heavy atom. The summed E-state index contributed by atoms with van der Waals surface area (Å²) in [6, 6.07) is 6.13. The smallest absolute Gasteiger partial charge is 0.177 e. The highest BCUT2D eigenvalue weighted by molar-refractivity contribution is 5.99. The van der Waals surface area contributed by atoms with Crippen molar-refractivity contribution in [1.82, 2.24) is 4.90 Å². The summed E-state index contributed by atoms with van der Waals surface area (Å²) in [5.74, 6) is 0.996. The summed E-state index contributed by atoms with van der Waals surface area (Å²) in [5, 5.41) is 0. The van der Waals surface area contributed by atoms with Crippen molar-refractivity contribution in [3.63, 3.8) is 0 Å². The summed E-state index contributed by atoms with van der Waals surface area (Å²) in [6.07, 6.45) is 2.52. The quantitative estimate of drug-likeness (QED) is 0.762. The Morgan fingerprint density at radius 3 is 2.89 bits per heavy atom. The maximum absolute atomic E-state index is 12.4. The summed E-state index contributed by atoms with van der Waals surface area (Å²) in [4.78, 5) is 14.7. The van der Waals surface area contributed by atoms with Crippen molar-refractivity contribution >= 4 is 5.78 Å². The van der Waals surface area contributed by atoms with E-state index in [0.29, 0.717) is 6.54 Å². The van der Waals surface area contributed by atoms with Gasteiger partial charge in [0.15, 0.2) is 5.78 Å². The average Bonchev–Trinajstić information content (AvgIpc) is 2.32. The monoisotopic (exact) mass is 245 g/mol. The first-order valence-electron chi connectivity index (χ1n) is 6.89. The van der Waals surface area contributed by atoms with Gasteiger partial charge in [-0.3, -0.25) is 9.69 Å². The SMILES string of the molecule is Cc1ccc(C)c(C(=O)CN2CCCC(C)C2)c1. The van der Waals surface area contributed by atoms with E-state index < -0.39 is 0 Å². The summed E-state index contributed by atoms with van der Waals surface area (Å²) in [5.41, 5.74) is 3.15. The van der Waals surface area contributed by atoms with E-state index in [1.54, 1.807) is 0 Å². The molecule has 2 heteroatoms. The molecule has 2 rings (SSSR count). The van der Waals surface area contributed by atoms with Crippen molar-refractivity contribution in [3.8, 4) is 0 Å². The summed E-state index contributed by atoms with van der Waals surface area (Å²) in [6.45, 7) is 9.05. The van der Waals surface area contributed by atoms with Crippen molar-refractivity contribution in [3.05, 3.63) is 34.9 Å². The number of hydrogen-bond donors (Lipinski definition) is 0. The molecular formula is C16H23NO. The number of piperidine rings is 1. The zero-order chi connectivity index (χ0) is 13.1. The molecule has 0 spiro atoms. The number of benzene rings is 1. The number of aryl methyl sites for hydroxylation is 2. The molecule has 2 nitrogen and oxygen atoms in total. The van der Waals surface area contributed by atoms with Gasteiger partial charge < -0.3 is 0 Å². The van der Waals surface area contributed by atoms with Gasteiger partial charge in [0.25, 0.3) is 0 Å². The molecule has 1 unspecified atom stereocenters. The lowest BCUT2D eigenvalue weighted by Crippen LogP contribution is -2.38. The van der Waals surface area contributed by atoms with E-state index >= 15 is 0 Å². The van der Waals surface area contributed by atoms with Crippen LogP contribution in [-0.4, -0.2) is 30.3 Å². The molecular weight excluding hydrogens is 222 g/mol. The Morgan fingerprint density at radius 2 is 2.17 bits per heavy atom. The van der Waals surface area contributed by atoms with Gasteiger partial charge in [-0.05, 0) is 50.8 Å². The summed E-state index contributed by atoms with van der Waals surface area (Å²) >= 11 is 0. The van der Waals surface area contributed by atoms with Gasteiger partial charge in [0.2, 0.25) is 0 Å². The minimum atomic E-state index is 0.269. The van der Waals surface area contributed by atoms with Gasteiger partial charge in [-0.25, -0.2) is 0 Å². The Hall–Kier alpha value is -1.15. The van der Waals surface area contributed by atoms with Crippen molar-refractivity contribution in [2.45, 2.75) is 33.6 Å². The van der Waals surface area contributed by atoms with Gasteiger partial charge in [0.05, 0.1) is 6.54 Å². The number of carbonyl (C=O) groups is 1. The second kappa shape index (κ2) is 5.66. The molecule has 0 saturated carbocycles.